The summed E-state index contributed by atoms with van der Waals surface area (Å²) < 4.78 is 0. The van der Waals surface area contributed by atoms with Gasteiger partial charge in [-0.25, -0.2) is 0 Å². The van der Waals surface area contributed by atoms with E-state index >= 15 is 0 Å². The quantitative estimate of drug-likeness (QED) is 0.563. The van der Waals surface area contributed by atoms with Crippen LogP contribution in [0.5, 0.6) is 0 Å². The lowest BCUT2D eigenvalue weighted by molar-refractivity contribution is 0.842. The Kier molecular flexibility index (Phi) is 2.19. The molecule has 0 aromatic rings. The second-order valence-corrected chi connectivity index (χ2v) is 1.93. The number of allylic oxidation sites excluding steroid dienone is 1. The van der Waals surface area contributed by atoms with Crippen LogP contribution in [-0.4, -0.2) is 13.1 Å². The van der Waals surface area contributed by atoms with Crippen LogP contribution >= 0.6 is 0 Å². The van der Waals surface area contributed by atoms with E-state index in [0.29, 0.717) is 0 Å². The molecule has 0 unspecified atom stereocenters. The SMILES string of the molecule is CCNC1=CCNC=C1. The Hall–Kier alpha value is -0.920. The monoisotopic (exact) mass is 124 g/mol. The fraction of sp³-hybridized carbons (Fsp3) is 0.429. The molecule has 9 heavy (non-hydrogen) atoms. The molecule has 0 saturated carbocycles. The van der Waals surface area contributed by atoms with Gasteiger partial charge in [0.05, 0.1) is 0 Å². The van der Waals surface area contributed by atoms with Crippen LogP contribution in [0.2, 0.25) is 0 Å². The van der Waals surface area contributed by atoms with Gasteiger partial charge in [-0.3, -0.25) is 0 Å². The lowest BCUT2D eigenvalue weighted by Crippen LogP contribution is -2.17. The summed E-state index contributed by atoms with van der Waals surface area (Å²) in [5.41, 5.74) is 1.22. The smallest absolute Gasteiger partial charge is 0.0348 e. The molecule has 0 amide bonds. The molecule has 0 atom stereocenters. The van der Waals surface area contributed by atoms with Crippen LogP contribution in [-0.2, 0) is 0 Å². The highest BCUT2D eigenvalue weighted by molar-refractivity contribution is 5.19. The van der Waals surface area contributed by atoms with Gasteiger partial charge in [0.15, 0.2) is 0 Å². The van der Waals surface area contributed by atoms with E-state index in [-0.39, 0.29) is 0 Å². The summed E-state index contributed by atoms with van der Waals surface area (Å²) >= 11 is 0. The average Bonchev–Trinajstić information content (AvgIpc) is 1.91. The van der Waals surface area contributed by atoms with E-state index in [1.807, 2.05) is 12.3 Å². The van der Waals surface area contributed by atoms with Crippen molar-refractivity contribution in [3.05, 3.63) is 24.0 Å². The maximum Gasteiger partial charge on any atom is 0.0348 e. The first-order valence-corrected chi connectivity index (χ1v) is 3.27. The molecule has 0 radical (unpaired) electrons. The Labute approximate surface area is 55.6 Å². The first kappa shape index (κ1) is 6.20. The van der Waals surface area contributed by atoms with Crippen LogP contribution < -0.4 is 10.6 Å². The van der Waals surface area contributed by atoms with Crippen LogP contribution in [0.1, 0.15) is 6.92 Å². The third-order valence-electron chi connectivity index (χ3n) is 1.20. The second-order valence-electron chi connectivity index (χ2n) is 1.93. The Morgan fingerprint density at radius 1 is 1.78 bits per heavy atom. The van der Waals surface area contributed by atoms with Gasteiger partial charge in [0.25, 0.3) is 0 Å². The molecule has 1 heterocycles. The molecule has 2 N–H and O–H groups in total. The van der Waals surface area contributed by atoms with Crippen LogP contribution in [0, 0.1) is 0 Å². The van der Waals surface area contributed by atoms with Crippen LogP contribution in [0.4, 0.5) is 0 Å². The molecule has 2 nitrogen and oxygen atoms in total. The minimum atomic E-state index is 0.943. The van der Waals surface area contributed by atoms with Gasteiger partial charge in [0.2, 0.25) is 0 Å². The van der Waals surface area contributed by atoms with Crippen LogP contribution in [0.15, 0.2) is 24.0 Å². The van der Waals surface area contributed by atoms with Crippen molar-refractivity contribution in [1.29, 1.82) is 0 Å². The molecule has 1 aliphatic rings. The van der Waals surface area contributed by atoms with Crippen molar-refractivity contribution in [2.75, 3.05) is 13.1 Å². The van der Waals surface area contributed by atoms with E-state index in [0.717, 1.165) is 13.1 Å². The summed E-state index contributed by atoms with van der Waals surface area (Å²) in [6.45, 7) is 4.03. The predicted molar refractivity (Wildman–Crippen MR) is 38.9 cm³/mol. The summed E-state index contributed by atoms with van der Waals surface area (Å²) in [7, 11) is 0. The molecular weight excluding hydrogens is 112 g/mol. The number of likely N-dealkylation sites (N-methyl/N-ethyl adjacent to an activating group) is 1. The van der Waals surface area contributed by atoms with Crippen molar-refractivity contribution in [3.63, 3.8) is 0 Å². The minimum Gasteiger partial charge on any atom is -0.387 e. The van der Waals surface area contributed by atoms with Gasteiger partial charge in [-0.15, -0.1) is 0 Å². The first-order chi connectivity index (χ1) is 4.43. The molecule has 0 spiro atoms. The fourth-order valence-electron chi connectivity index (χ4n) is 0.789. The topological polar surface area (TPSA) is 24.1 Å². The third kappa shape index (κ3) is 1.80. The Morgan fingerprint density at radius 2 is 2.67 bits per heavy atom. The van der Waals surface area contributed by atoms with Crippen molar-refractivity contribution < 1.29 is 0 Å². The number of hydrogen-bond acceptors (Lipinski definition) is 2. The van der Waals surface area contributed by atoms with Crippen molar-refractivity contribution >= 4 is 0 Å². The van der Waals surface area contributed by atoms with E-state index in [9.17, 15) is 0 Å². The van der Waals surface area contributed by atoms with E-state index < -0.39 is 0 Å². The number of hydrogen-bond donors (Lipinski definition) is 2. The maximum absolute atomic E-state index is 3.22. The predicted octanol–water partition coefficient (Wildman–Crippen LogP) is 0.597. The van der Waals surface area contributed by atoms with Gasteiger partial charge >= 0.3 is 0 Å². The molecule has 0 aliphatic carbocycles. The molecule has 0 bridgehead atoms. The van der Waals surface area contributed by atoms with Gasteiger partial charge in [-0.05, 0) is 25.3 Å². The van der Waals surface area contributed by atoms with Gasteiger partial charge in [0.1, 0.15) is 0 Å². The van der Waals surface area contributed by atoms with Crippen LogP contribution in [0.3, 0.4) is 0 Å². The van der Waals surface area contributed by atoms with E-state index in [1.54, 1.807) is 0 Å². The molecular formula is C7H12N2. The first-order valence-electron chi connectivity index (χ1n) is 3.27. The third-order valence-corrected chi connectivity index (χ3v) is 1.20. The van der Waals surface area contributed by atoms with Crippen molar-refractivity contribution in [3.8, 4) is 0 Å². The van der Waals surface area contributed by atoms with E-state index in [1.165, 1.54) is 5.70 Å². The minimum absolute atomic E-state index is 0.943. The highest BCUT2D eigenvalue weighted by Crippen LogP contribution is 1.93. The summed E-state index contributed by atoms with van der Waals surface area (Å²) in [6.07, 6.45) is 6.12. The largest absolute Gasteiger partial charge is 0.387 e. The Balaban J connectivity index is 2.38. The van der Waals surface area contributed by atoms with Gasteiger partial charge < -0.3 is 10.6 Å². The normalized spacial score (nSPS) is 16.3. The number of dihydropyridines is 1. The van der Waals surface area contributed by atoms with Gasteiger partial charge in [-0.2, -0.15) is 0 Å². The fourth-order valence-corrected chi connectivity index (χ4v) is 0.789. The summed E-state index contributed by atoms with van der Waals surface area (Å²) in [5, 5.41) is 6.29. The number of rotatable bonds is 2. The molecule has 1 rings (SSSR count). The highest BCUT2D eigenvalue weighted by Gasteiger charge is 1.90. The Bertz CT molecular complexity index is 136. The second kappa shape index (κ2) is 3.17. The van der Waals surface area contributed by atoms with E-state index in [2.05, 4.69) is 23.6 Å². The Morgan fingerprint density at radius 3 is 3.22 bits per heavy atom. The highest BCUT2D eigenvalue weighted by atomic mass is 14.9. The molecule has 50 valence electrons. The van der Waals surface area contributed by atoms with Gasteiger partial charge in [-0.1, -0.05) is 0 Å². The van der Waals surface area contributed by atoms with Crippen molar-refractivity contribution in [1.82, 2.24) is 10.6 Å². The van der Waals surface area contributed by atoms with Crippen molar-refractivity contribution in [2.24, 2.45) is 0 Å². The van der Waals surface area contributed by atoms with E-state index in [4.69, 9.17) is 0 Å². The molecule has 0 aromatic carbocycles. The molecule has 0 saturated heterocycles. The summed E-state index contributed by atoms with van der Waals surface area (Å²) in [4.78, 5) is 0. The zero-order chi connectivity index (χ0) is 6.53. The lowest BCUT2D eigenvalue weighted by atomic mass is 10.3. The van der Waals surface area contributed by atoms with Crippen molar-refractivity contribution in [2.45, 2.75) is 6.92 Å². The van der Waals surface area contributed by atoms with Gasteiger partial charge in [0, 0.05) is 18.8 Å². The summed E-state index contributed by atoms with van der Waals surface area (Å²) in [5.74, 6) is 0. The molecule has 0 fully saturated rings. The number of nitrogens with one attached hydrogen (secondary N) is 2. The van der Waals surface area contributed by atoms with Crippen LogP contribution in [0.25, 0.3) is 0 Å². The standard InChI is InChI=1S/C7H12N2/c1-2-9-7-3-5-8-6-4-7/h3-5,8-9H,2,6H2,1H3. The lowest BCUT2D eigenvalue weighted by Gasteiger charge is -2.08. The molecule has 0 aromatic heterocycles. The summed E-state index contributed by atoms with van der Waals surface area (Å²) in [6, 6.07) is 0. The zero-order valence-electron chi connectivity index (χ0n) is 5.65. The zero-order valence-corrected chi connectivity index (χ0v) is 5.65. The maximum atomic E-state index is 3.22. The molecule has 1 aliphatic heterocycles. The molecule has 2 heteroatoms. The average molecular weight is 124 g/mol.